The number of alkyl carbamates (subject to hydrolysis) is 1. The van der Waals surface area contributed by atoms with Crippen molar-refractivity contribution in [3.63, 3.8) is 0 Å². The van der Waals surface area contributed by atoms with Crippen molar-refractivity contribution in [3.8, 4) is 0 Å². The van der Waals surface area contributed by atoms with Crippen LogP contribution in [0.25, 0.3) is 0 Å². The highest BCUT2D eigenvalue weighted by Gasteiger charge is 2.33. The van der Waals surface area contributed by atoms with E-state index in [1.807, 2.05) is 0 Å². The van der Waals surface area contributed by atoms with Crippen molar-refractivity contribution in [1.82, 2.24) is 9.62 Å². The molecule has 1 aliphatic rings. The van der Waals surface area contributed by atoms with Crippen molar-refractivity contribution in [2.24, 2.45) is 0 Å². The van der Waals surface area contributed by atoms with Gasteiger partial charge in [0.2, 0.25) is 10.0 Å². The van der Waals surface area contributed by atoms with Crippen molar-refractivity contribution >= 4 is 22.0 Å². The van der Waals surface area contributed by atoms with Gasteiger partial charge in [0.05, 0.1) is 6.26 Å². The van der Waals surface area contributed by atoms with Crippen LogP contribution in [0, 0.1) is 0 Å². The van der Waals surface area contributed by atoms with Gasteiger partial charge in [-0.15, -0.1) is 0 Å². The molecule has 1 aliphatic heterocycles. The summed E-state index contributed by atoms with van der Waals surface area (Å²) in [5.74, 6) is -0.601. The van der Waals surface area contributed by atoms with Crippen molar-refractivity contribution in [2.75, 3.05) is 12.8 Å². The van der Waals surface area contributed by atoms with Gasteiger partial charge in [-0.2, -0.15) is 0 Å². The van der Waals surface area contributed by atoms with Gasteiger partial charge in [-0.05, 0) is 40.0 Å². The second-order valence-electron chi connectivity index (χ2n) is 5.87. The first kappa shape index (κ1) is 16.7. The number of sulfonamides is 1. The fourth-order valence-electron chi connectivity index (χ4n) is 1.92. The van der Waals surface area contributed by atoms with Gasteiger partial charge in [-0.1, -0.05) is 0 Å². The molecule has 20 heavy (non-hydrogen) atoms. The molecule has 1 saturated heterocycles. The largest absolute Gasteiger partial charge is 0.444 e. The number of rotatable bonds is 2. The Morgan fingerprint density at radius 2 is 1.95 bits per heavy atom. The fourth-order valence-corrected chi connectivity index (χ4v) is 2.84. The Kier molecular flexibility index (Phi) is 5.01. The van der Waals surface area contributed by atoms with E-state index in [4.69, 9.17) is 4.74 Å². The van der Waals surface area contributed by atoms with Crippen LogP contribution in [0.2, 0.25) is 0 Å². The minimum Gasteiger partial charge on any atom is -0.444 e. The van der Waals surface area contributed by atoms with Crippen LogP contribution in [0.5, 0.6) is 0 Å². The Bertz CT molecular complexity index is 481. The third-order valence-electron chi connectivity index (χ3n) is 2.74. The predicted molar refractivity (Wildman–Crippen MR) is 73.6 cm³/mol. The molecule has 1 fully saturated rings. The Balaban J connectivity index is 2.78. The summed E-state index contributed by atoms with van der Waals surface area (Å²) >= 11 is 0. The van der Waals surface area contributed by atoms with Crippen molar-refractivity contribution in [2.45, 2.75) is 51.7 Å². The molecule has 1 rings (SSSR count). The molecule has 0 bridgehead atoms. The van der Waals surface area contributed by atoms with E-state index >= 15 is 0 Å². The van der Waals surface area contributed by atoms with Crippen LogP contribution >= 0.6 is 0 Å². The maximum Gasteiger partial charge on any atom is 0.408 e. The van der Waals surface area contributed by atoms with Gasteiger partial charge in [0.1, 0.15) is 11.6 Å². The zero-order valence-corrected chi connectivity index (χ0v) is 13.1. The van der Waals surface area contributed by atoms with Gasteiger partial charge in [0, 0.05) is 6.54 Å². The topological polar surface area (TPSA) is 92.8 Å². The summed E-state index contributed by atoms with van der Waals surface area (Å²) in [5, 5.41) is 2.45. The molecule has 1 heterocycles. The predicted octanol–water partition coefficient (Wildman–Crippen LogP) is 0.852. The van der Waals surface area contributed by atoms with E-state index in [1.54, 1.807) is 20.8 Å². The monoisotopic (exact) mass is 306 g/mol. The third-order valence-corrected chi connectivity index (χ3v) is 3.90. The number of hydrogen-bond donors (Lipinski definition) is 1. The summed E-state index contributed by atoms with van der Waals surface area (Å²) in [6.07, 6.45) is 1.93. The fraction of sp³-hybridized carbons (Fsp3) is 0.833. The lowest BCUT2D eigenvalue weighted by atomic mass is 10.1. The van der Waals surface area contributed by atoms with Crippen LogP contribution in [0.4, 0.5) is 4.79 Å². The molecule has 1 N–H and O–H groups in total. The van der Waals surface area contributed by atoms with Crippen LogP contribution in [-0.2, 0) is 19.6 Å². The first-order valence-electron chi connectivity index (χ1n) is 6.52. The van der Waals surface area contributed by atoms with Gasteiger partial charge < -0.3 is 10.1 Å². The molecule has 8 heteroatoms. The van der Waals surface area contributed by atoms with Crippen molar-refractivity contribution in [3.05, 3.63) is 0 Å². The smallest absolute Gasteiger partial charge is 0.408 e. The van der Waals surface area contributed by atoms with Gasteiger partial charge in [0.15, 0.2) is 0 Å². The lowest BCUT2D eigenvalue weighted by Gasteiger charge is -2.25. The van der Waals surface area contributed by atoms with Crippen LogP contribution in [-0.4, -0.2) is 49.2 Å². The Hall–Kier alpha value is -1.31. The van der Waals surface area contributed by atoms with E-state index in [0.717, 1.165) is 10.6 Å². The van der Waals surface area contributed by atoms with Crippen LogP contribution in [0.3, 0.4) is 0 Å². The molecule has 0 unspecified atom stereocenters. The number of carbonyl (C=O) groups excluding carboxylic acids is 2. The summed E-state index contributed by atoms with van der Waals surface area (Å²) in [7, 11) is -3.61. The molecule has 0 saturated carbocycles. The van der Waals surface area contributed by atoms with E-state index in [2.05, 4.69) is 5.32 Å². The van der Waals surface area contributed by atoms with Crippen molar-refractivity contribution in [1.29, 1.82) is 0 Å². The molecule has 7 nitrogen and oxygen atoms in total. The average molecular weight is 306 g/mol. The molecule has 1 atom stereocenters. The third kappa shape index (κ3) is 4.99. The molecule has 2 amide bonds. The maximum atomic E-state index is 12.2. The summed E-state index contributed by atoms with van der Waals surface area (Å²) in [6, 6.07) is -0.859. The van der Waals surface area contributed by atoms with Gasteiger partial charge in [-0.3, -0.25) is 4.79 Å². The zero-order valence-electron chi connectivity index (χ0n) is 12.3. The first-order valence-corrected chi connectivity index (χ1v) is 8.36. The molecule has 0 aromatic rings. The van der Waals surface area contributed by atoms with E-state index < -0.39 is 33.7 Å². The second-order valence-corrected chi connectivity index (χ2v) is 7.77. The van der Waals surface area contributed by atoms with Gasteiger partial charge >= 0.3 is 6.09 Å². The highest BCUT2D eigenvalue weighted by molar-refractivity contribution is 7.88. The standard InChI is InChI=1S/C12H22N2O5S/c1-12(2,3)19-11(16)13-9-7-5-6-8-14(10(9)15)20(4,17)18/h9H,5-8H2,1-4H3,(H,13,16)/t9-/m1/s1. The Morgan fingerprint density at radius 1 is 1.35 bits per heavy atom. The molecule has 0 spiro atoms. The molecule has 0 radical (unpaired) electrons. The van der Waals surface area contributed by atoms with Crippen molar-refractivity contribution < 1.29 is 22.7 Å². The Labute approximate surface area is 119 Å². The lowest BCUT2D eigenvalue weighted by Crippen LogP contribution is -2.50. The normalized spacial score (nSPS) is 21.3. The SMILES string of the molecule is CC(C)(C)OC(=O)N[C@@H]1CCCCN(S(C)(=O)=O)C1=O. The minimum atomic E-state index is -3.61. The number of ether oxygens (including phenoxy) is 1. The molecular weight excluding hydrogens is 284 g/mol. The second kappa shape index (κ2) is 5.99. The van der Waals surface area contributed by atoms with Crippen LogP contribution < -0.4 is 5.32 Å². The van der Waals surface area contributed by atoms with Gasteiger partial charge in [-0.25, -0.2) is 17.5 Å². The number of carbonyl (C=O) groups is 2. The summed E-state index contributed by atoms with van der Waals surface area (Å²) in [6.45, 7) is 5.29. The molecule has 0 aromatic heterocycles. The summed E-state index contributed by atoms with van der Waals surface area (Å²) in [5.41, 5.74) is -0.672. The van der Waals surface area contributed by atoms with Crippen LogP contribution in [0.15, 0.2) is 0 Å². The highest BCUT2D eigenvalue weighted by Crippen LogP contribution is 2.16. The number of amides is 2. The van der Waals surface area contributed by atoms with E-state index in [9.17, 15) is 18.0 Å². The lowest BCUT2D eigenvalue weighted by molar-refractivity contribution is -0.128. The van der Waals surface area contributed by atoms with E-state index in [0.29, 0.717) is 19.3 Å². The van der Waals surface area contributed by atoms with Gasteiger partial charge in [0.25, 0.3) is 5.91 Å². The van der Waals surface area contributed by atoms with E-state index in [-0.39, 0.29) is 6.54 Å². The summed E-state index contributed by atoms with van der Waals surface area (Å²) < 4.78 is 29.0. The van der Waals surface area contributed by atoms with E-state index in [1.165, 1.54) is 0 Å². The molecule has 0 aliphatic carbocycles. The molecular formula is C12H22N2O5S. The zero-order chi connectivity index (χ0) is 15.6. The maximum absolute atomic E-state index is 12.2. The number of hydrogen-bond acceptors (Lipinski definition) is 5. The molecule has 116 valence electrons. The van der Waals surface area contributed by atoms with Crippen LogP contribution in [0.1, 0.15) is 40.0 Å². The highest BCUT2D eigenvalue weighted by atomic mass is 32.2. The average Bonchev–Trinajstić information content (AvgIpc) is 2.38. The Morgan fingerprint density at radius 3 is 2.45 bits per heavy atom. The number of nitrogens with one attached hydrogen (secondary N) is 1. The quantitative estimate of drug-likeness (QED) is 0.816. The molecule has 0 aromatic carbocycles. The first-order chi connectivity index (χ1) is 9.00. The minimum absolute atomic E-state index is 0.157. The summed E-state index contributed by atoms with van der Waals surface area (Å²) in [4.78, 5) is 23.9. The number of nitrogens with zero attached hydrogens (tertiary/aromatic N) is 1.